The Morgan fingerprint density at radius 1 is 1.45 bits per heavy atom. The van der Waals surface area contributed by atoms with Crippen LogP contribution in [0.1, 0.15) is 27.7 Å². The van der Waals surface area contributed by atoms with Crippen molar-refractivity contribution < 1.29 is 19.8 Å². The number of fused-ring (bicyclic) bond motifs is 1. The maximum absolute atomic E-state index is 12.1. The van der Waals surface area contributed by atoms with Gasteiger partial charge >= 0.3 is 0 Å². The molecule has 110 valence electrons. The van der Waals surface area contributed by atoms with E-state index in [9.17, 15) is 19.8 Å². The summed E-state index contributed by atoms with van der Waals surface area (Å²) in [6.45, 7) is 6.87. The third kappa shape index (κ3) is 1.96. The Kier molecular flexibility index (Phi) is 3.47. The van der Waals surface area contributed by atoms with E-state index in [2.05, 4.69) is 5.32 Å². The van der Waals surface area contributed by atoms with E-state index in [0.717, 1.165) is 5.57 Å². The third-order valence-electron chi connectivity index (χ3n) is 4.00. The Morgan fingerprint density at radius 3 is 2.60 bits per heavy atom. The van der Waals surface area contributed by atoms with Crippen LogP contribution < -0.4 is 5.32 Å². The summed E-state index contributed by atoms with van der Waals surface area (Å²) in [6, 6.07) is -0.459. The van der Waals surface area contributed by atoms with E-state index in [0.29, 0.717) is 5.82 Å². The molecule has 20 heavy (non-hydrogen) atoms. The summed E-state index contributed by atoms with van der Waals surface area (Å²) in [5.74, 6) is -0.333. The number of aliphatic hydroxyl groups is 2. The van der Waals surface area contributed by atoms with E-state index < -0.39 is 23.8 Å². The van der Waals surface area contributed by atoms with E-state index in [1.54, 1.807) is 32.6 Å². The number of hydrogen-bond acceptors (Lipinski definition) is 5. The average Bonchev–Trinajstić information content (AvgIpc) is 2.66. The number of aliphatic hydroxyl groups excluding tert-OH is 2. The molecule has 0 bridgehead atoms. The van der Waals surface area contributed by atoms with Crippen molar-refractivity contribution in [1.82, 2.24) is 10.2 Å². The smallest absolute Gasteiger partial charge is 0.249 e. The zero-order valence-electron chi connectivity index (χ0n) is 12.0. The number of carbonyl (C=O) groups excluding carboxylic acids is 2. The van der Waals surface area contributed by atoms with Crippen LogP contribution in [0.15, 0.2) is 23.5 Å². The highest BCUT2D eigenvalue weighted by Crippen LogP contribution is 2.41. The Bertz CT molecular complexity index is 521. The molecule has 6 nitrogen and oxygen atoms in total. The van der Waals surface area contributed by atoms with Gasteiger partial charge in [0, 0.05) is 12.2 Å². The third-order valence-corrected chi connectivity index (χ3v) is 4.00. The van der Waals surface area contributed by atoms with Crippen molar-refractivity contribution >= 4 is 11.7 Å². The molecule has 2 rings (SSSR count). The largest absolute Gasteiger partial charge is 0.388 e. The maximum atomic E-state index is 12.1. The molecule has 0 aromatic carbocycles. The highest BCUT2D eigenvalue weighted by molar-refractivity contribution is 6.03. The summed E-state index contributed by atoms with van der Waals surface area (Å²) in [6.07, 6.45) is 0.517. The number of allylic oxidation sites excluding steroid dienone is 1. The Balaban J connectivity index is 2.30. The van der Waals surface area contributed by atoms with Crippen LogP contribution in [0.2, 0.25) is 0 Å². The number of amides is 1. The normalized spacial score (nSPS) is 35.7. The molecule has 0 unspecified atom stereocenters. The minimum absolute atomic E-state index is 0.319. The summed E-state index contributed by atoms with van der Waals surface area (Å²) in [7, 11) is 0. The molecule has 3 N–H and O–H groups in total. The molecular weight excluding hydrogens is 260 g/mol. The van der Waals surface area contributed by atoms with Gasteiger partial charge in [0.15, 0.2) is 5.78 Å². The van der Waals surface area contributed by atoms with Crippen molar-refractivity contribution in [2.45, 2.75) is 51.5 Å². The minimum atomic E-state index is -1.22. The second kappa shape index (κ2) is 4.71. The highest BCUT2D eigenvalue weighted by Gasteiger charge is 2.61. The fourth-order valence-electron chi connectivity index (χ4n) is 2.91. The fraction of sp³-hybridized carbons (Fsp3) is 0.571. The zero-order chi connectivity index (χ0) is 15.2. The molecule has 1 amide bonds. The van der Waals surface area contributed by atoms with Crippen molar-refractivity contribution in [1.29, 1.82) is 0 Å². The van der Waals surface area contributed by atoms with Gasteiger partial charge in [-0.05, 0) is 27.7 Å². The topological polar surface area (TPSA) is 89.9 Å². The van der Waals surface area contributed by atoms with Crippen LogP contribution in [0.25, 0.3) is 0 Å². The SMILES string of the molecule is CC(C)=CC(=O)NC1=CC(=O)[C@]2(C)[C@H](O)[C@@H](O)[C@H](C)N12. The molecule has 2 heterocycles. The molecule has 0 radical (unpaired) electrons. The second-order valence-electron chi connectivity index (χ2n) is 5.80. The highest BCUT2D eigenvalue weighted by atomic mass is 16.3. The van der Waals surface area contributed by atoms with Crippen LogP contribution in [0.4, 0.5) is 0 Å². The second-order valence-corrected chi connectivity index (χ2v) is 5.80. The molecule has 0 aromatic rings. The van der Waals surface area contributed by atoms with Crippen molar-refractivity contribution in [2.24, 2.45) is 0 Å². The first-order chi connectivity index (χ1) is 9.19. The van der Waals surface area contributed by atoms with E-state index in [-0.39, 0.29) is 11.7 Å². The van der Waals surface area contributed by atoms with Crippen molar-refractivity contribution in [3.05, 3.63) is 23.5 Å². The summed E-state index contributed by atoms with van der Waals surface area (Å²) in [5, 5.41) is 22.7. The molecule has 0 spiro atoms. The maximum Gasteiger partial charge on any atom is 0.249 e. The van der Waals surface area contributed by atoms with Gasteiger partial charge in [0.05, 0.1) is 6.04 Å². The van der Waals surface area contributed by atoms with Crippen LogP contribution in [-0.4, -0.2) is 50.6 Å². The monoisotopic (exact) mass is 280 g/mol. The van der Waals surface area contributed by atoms with Gasteiger partial charge in [-0.25, -0.2) is 0 Å². The molecular formula is C14H20N2O4. The number of rotatable bonds is 2. The standard InChI is InChI=1S/C14H20N2O4/c1-7(2)5-11(18)15-10-6-9(17)14(4)13(20)12(19)8(3)16(10)14/h5-6,8,12-13,19-20H,1-4H3,(H,15,18)/t8-,12-,13+,14+/m0/s1. The van der Waals surface area contributed by atoms with E-state index in [1.807, 2.05) is 0 Å². The first-order valence-corrected chi connectivity index (χ1v) is 6.57. The summed E-state index contributed by atoms with van der Waals surface area (Å²) in [4.78, 5) is 25.5. The van der Waals surface area contributed by atoms with Gasteiger partial charge in [0.2, 0.25) is 5.91 Å². The van der Waals surface area contributed by atoms with Crippen LogP contribution in [-0.2, 0) is 9.59 Å². The van der Waals surface area contributed by atoms with E-state index in [1.165, 1.54) is 12.2 Å². The van der Waals surface area contributed by atoms with Gasteiger partial charge in [-0.1, -0.05) is 5.57 Å². The van der Waals surface area contributed by atoms with Crippen LogP contribution in [0, 0.1) is 0 Å². The van der Waals surface area contributed by atoms with Gasteiger partial charge in [-0.3, -0.25) is 9.59 Å². The predicted molar refractivity (Wildman–Crippen MR) is 72.4 cm³/mol. The lowest BCUT2D eigenvalue weighted by molar-refractivity contribution is -0.126. The van der Waals surface area contributed by atoms with Gasteiger partial charge in [0.1, 0.15) is 23.6 Å². The quantitative estimate of drug-likeness (QED) is 0.603. The summed E-state index contributed by atoms with van der Waals surface area (Å²) >= 11 is 0. The number of ketones is 1. The lowest BCUT2D eigenvalue weighted by Crippen LogP contribution is -2.52. The van der Waals surface area contributed by atoms with Crippen LogP contribution >= 0.6 is 0 Å². The molecule has 1 saturated heterocycles. The molecule has 0 aliphatic carbocycles. The molecule has 6 heteroatoms. The number of hydrogen-bond donors (Lipinski definition) is 3. The van der Waals surface area contributed by atoms with Gasteiger partial charge in [0.25, 0.3) is 0 Å². The van der Waals surface area contributed by atoms with Crippen molar-refractivity contribution in [3.63, 3.8) is 0 Å². The van der Waals surface area contributed by atoms with E-state index in [4.69, 9.17) is 0 Å². The van der Waals surface area contributed by atoms with E-state index >= 15 is 0 Å². The molecule has 2 aliphatic heterocycles. The first-order valence-electron chi connectivity index (χ1n) is 6.57. The molecule has 0 aromatic heterocycles. The first kappa shape index (κ1) is 14.7. The predicted octanol–water partition coefficient (Wildman–Crippen LogP) is -0.323. The van der Waals surface area contributed by atoms with Crippen LogP contribution in [0.3, 0.4) is 0 Å². The minimum Gasteiger partial charge on any atom is -0.388 e. The summed E-state index contributed by atoms with van der Waals surface area (Å²) in [5.41, 5.74) is -0.378. The zero-order valence-corrected chi connectivity index (χ0v) is 12.0. The van der Waals surface area contributed by atoms with Gasteiger partial charge in [-0.15, -0.1) is 0 Å². The average molecular weight is 280 g/mol. The summed E-state index contributed by atoms with van der Waals surface area (Å²) < 4.78 is 0. The fourth-order valence-corrected chi connectivity index (χ4v) is 2.91. The van der Waals surface area contributed by atoms with Crippen molar-refractivity contribution in [2.75, 3.05) is 0 Å². The van der Waals surface area contributed by atoms with Gasteiger partial charge in [-0.2, -0.15) is 0 Å². The Hall–Kier alpha value is -1.66. The lowest BCUT2D eigenvalue weighted by Gasteiger charge is -2.34. The van der Waals surface area contributed by atoms with Crippen LogP contribution in [0.5, 0.6) is 0 Å². The molecule has 0 saturated carbocycles. The lowest BCUT2D eigenvalue weighted by atomic mass is 9.91. The molecule has 4 atom stereocenters. The number of nitrogens with one attached hydrogen (secondary N) is 1. The van der Waals surface area contributed by atoms with Crippen molar-refractivity contribution in [3.8, 4) is 0 Å². The Labute approximate surface area is 117 Å². The van der Waals surface area contributed by atoms with Gasteiger partial charge < -0.3 is 20.4 Å². The molecule has 2 aliphatic rings. The molecule has 1 fully saturated rings. The number of nitrogens with zero attached hydrogens (tertiary/aromatic N) is 1. The number of carbonyl (C=O) groups is 2. The Morgan fingerprint density at radius 2 is 2.05 bits per heavy atom.